The Balaban J connectivity index is 1.65. The van der Waals surface area contributed by atoms with Gasteiger partial charge < -0.3 is 9.84 Å². The van der Waals surface area contributed by atoms with Crippen LogP contribution in [0.25, 0.3) is 0 Å². The minimum absolute atomic E-state index is 0.107. The number of aromatic nitrogens is 3. The molecule has 0 aliphatic rings. The fraction of sp³-hybridized carbons (Fsp3) is 0.278. The summed E-state index contributed by atoms with van der Waals surface area (Å²) in [6.07, 6.45) is 2.52. The van der Waals surface area contributed by atoms with Crippen molar-refractivity contribution in [3.63, 3.8) is 0 Å². The molecule has 3 aromatic rings. The Kier molecular flexibility index (Phi) is 5.64. The van der Waals surface area contributed by atoms with Crippen LogP contribution in [-0.2, 0) is 17.8 Å². The predicted octanol–water partition coefficient (Wildman–Crippen LogP) is 4.41. The van der Waals surface area contributed by atoms with Crippen LogP contribution in [0.3, 0.4) is 0 Å². The number of rotatable bonds is 6. The first-order chi connectivity index (χ1) is 12.5. The lowest BCUT2D eigenvalue weighted by molar-refractivity contribution is -0.116. The highest BCUT2D eigenvalue weighted by atomic mass is 35.5. The largest absolute Gasteiger partial charge is 0.361 e. The molecule has 0 spiro atoms. The third-order valence-electron chi connectivity index (χ3n) is 4.12. The van der Waals surface area contributed by atoms with Gasteiger partial charge in [0.25, 0.3) is 0 Å². The van der Waals surface area contributed by atoms with Gasteiger partial charge in [0.05, 0.1) is 28.5 Å². The average molecular weight is 393 g/mol. The van der Waals surface area contributed by atoms with E-state index in [1.54, 1.807) is 23.0 Å². The monoisotopic (exact) mass is 392 g/mol. The molecule has 136 valence electrons. The summed E-state index contributed by atoms with van der Waals surface area (Å²) in [7, 11) is 0. The Labute approximate surface area is 161 Å². The molecule has 1 aromatic carbocycles. The SMILES string of the molecule is Cc1noc(C)c1CCC(=O)Nc1ccnn1Cc1cccc(Cl)c1Cl. The Morgan fingerprint density at radius 1 is 1.27 bits per heavy atom. The van der Waals surface area contributed by atoms with Crippen LogP contribution >= 0.6 is 23.2 Å². The lowest BCUT2D eigenvalue weighted by Crippen LogP contribution is -2.16. The number of carbonyl (C=O) groups is 1. The summed E-state index contributed by atoms with van der Waals surface area (Å²) >= 11 is 12.3. The van der Waals surface area contributed by atoms with Crippen LogP contribution in [0.2, 0.25) is 10.0 Å². The third-order valence-corrected chi connectivity index (χ3v) is 4.98. The molecule has 0 aliphatic heterocycles. The molecule has 2 heterocycles. The van der Waals surface area contributed by atoms with Crippen molar-refractivity contribution in [2.24, 2.45) is 0 Å². The Morgan fingerprint density at radius 3 is 2.81 bits per heavy atom. The van der Waals surface area contributed by atoms with E-state index in [-0.39, 0.29) is 5.91 Å². The van der Waals surface area contributed by atoms with E-state index in [9.17, 15) is 4.79 Å². The van der Waals surface area contributed by atoms with Crippen LogP contribution < -0.4 is 5.32 Å². The van der Waals surface area contributed by atoms with Crippen LogP contribution in [0.15, 0.2) is 35.0 Å². The maximum absolute atomic E-state index is 12.3. The molecule has 1 amide bonds. The first-order valence-electron chi connectivity index (χ1n) is 8.12. The number of hydrogen-bond donors (Lipinski definition) is 1. The number of halogens is 2. The van der Waals surface area contributed by atoms with E-state index in [0.717, 1.165) is 22.6 Å². The zero-order valence-corrected chi connectivity index (χ0v) is 15.9. The second-order valence-corrected chi connectivity index (χ2v) is 6.72. The molecule has 0 saturated carbocycles. The number of benzene rings is 1. The van der Waals surface area contributed by atoms with E-state index in [1.807, 2.05) is 26.0 Å². The summed E-state index contributed by atoms with van der Waals surface area (Å²) in [5.41, 5.74) is 2.62. The number of nitrogens with zero attached hydrogens (tertiary/aromatic N) is 3. The van der Waals surface area contributed by atoms with Crippen molar-refractivity contribution < 1.29 is 9.32 Å². The van der Waals surface area contributed by atoms with Crippen molar-refractivity contribution in [1.82, 2.24) is 14.9 Å². The Bertz CT molecular complexity index is 914. The zero-order valence-electron chi connectivity index (χ0n) is 14.4. The van der Waals surface area contributed by atoms with Crippen LogP contribution in [0.1, 0.15) is 29.0 Å². The summed E-state index contributed by atoms with van der Waals surface area (Å²) in [6.45, 7) is 4.12. The van der Waals surface area contributed by atoms with E-state index in [4.69, 9.17) is 27.7 Å². The van der Waals surface area contributed by atoms with Gasteiger partial charge >= 0.3 is 0 Å². The van der Waals surface area contributed by atoms with Crippen molar-refractivity contribution in [2.75, 3.05) is 5.32 Å². The van der Waals surface area contributed by atoms with E-state index in [2.05, 4.69) is 15.6 Å². The molecular weight excluding hydrogens is 375 g/mol. The molecule has 8 heteroatoms. The minimum Gasteiger partial charge on any atom is -0.361 e. The van der Waals surface area contributed by atoms with Crippen molar-refractivity contribution in [1.29, 1.82) is 0 Å². The lowest BCUT2D eigenvalue weighted by Gasteiger charge is -2.11. The van der Waals surface area contributed by atoms with Gasteiger partial charge in [-0.2, -0.15) is 5.10 Å². The van der Waals surface area contributed by atoms with Crippen molar-refractivity contribution >= 4 is 34.9 Å². The molecular formula is C18H18Cl2N4O2. The highest BCUT2D eigenvalue weighted by Gasteiger charge is 2.13. The molecule has 0 fully saturated rings. The van der Waals surface area contributed by atoms with Gasteiger partial charge in [-0.3, -0.25) is 4.79 Å². The number of nitrogens with one attached hydrogen (secondary N) is 1. The van der Waals surface area contributed by atoms with E-state index in [1.165, 1.54) is 0 Å². The molecule has 26 heavy (non-hydrogen) atoms. The normalized spacial score (nSPS) is 10.9. The maximum Gasteiger partial charge on any atom is 0.225 e. The van der Waals surface area contributed by atoms with E-state index in [0.29, 0.717) is 35.2 Å². The van der Waals surface area contributed by atoms with Crippen LogP contribution in [0.5, 0.6) is 0 Å². The summed E-state index contributed by atoms with van der Waals surface area (Å²) in [5, 5.41) is 12.0. The van der Waals surface area contributed by atoms with Gasteiger partial charge in [0, 0.05) is 18.1 Å². The molecule has 3 rings (SSSR count). The summed E-state index contributed by atoms with van der Waals surface area (Å²) < 4.78 is 6.79. The predicted molar refractivity (Wildman–Crippen MR) is 101 cm³/mol. The highest BCUT2D eigenvalue weighted by molar-refractivity contribution is 6.42. The quantitative estimate of drug-likeness (QED) is 0.673. The summed E-state index contributed by atoms with van der Waals surface area (Å²) in [6, 6.07) is 7.17. The summed E-state index contributed by atoms with van der Waals surface area (Å²) in [5.74, 6) is 1.24. The number of carbonyl (C=O) groups excluding carboxylic acids is 1. The lowest BCUT2D eigenvalue weighted by atomic mass is 10.1. The molecule has 2 aromatic heterocycles. The van der Waals surface area contributed by atoms with Gasteiger partial charge in [0.15, 0.2) is 0 Å². The van der Waals surface area contributed by atoms with Gasteiger partial charge in [-0.05, 0) is 31.9 Å². The van der Waals surface area contributed by atoms with Crippen molar-refractivity contribution in [3.8, 4) is 0 Å². The Hall–Kier alpha value is -2.31. The van der Waals surface area contributed by atoms with Gasteiger partial charge in [0.1, 0.15) is 11.6 Å². The number of aryl methyl sites for hydroxylation is 2. The molecule has 0 atom stereocenters. The molecule has 0 bridgehead atoms. The highest BCUT2D eigenvalue weighted by Crippen LogP contribution is 2.26. The maximum atomic E-state index is 12.3. The first kappa shape index (κ1) is 18.5. The van der Waals surface area contributed by atoms with Crippen LogP contribution in [0.4, 0.5) is 5.82 Å². The molecule has 0 saturated heterocycles. The van der Waals surface area contributed by atoms with Crippen molar-refractivity contribution in [2.45, 2.75) is 33.2 Å². The standard InChI is InChI=1S/C18H18Cl2N4O2/c1-11-14(12(2)26-23-11)6-7-17(25)22-16-8-9-21-24(16)10-13-4-3-5-15(19)18(13)20/h3-5,8-9H,6-7,10H2,1-2H3,(H,22,25). The summed E-state index contributed by atoms with van der Waals surface area (Å²) in [4.78, 5) is 12.3. The Morgan fingerprint density at radius 2 is 2.08 bits per heavy atom. The van der Waals surface area contributed by atoms with Gasteiger partial charge in [-0.15, -0.1) is 0 Å². The number of amides is 1. The van der Waals surface area contributed by atoms with Crippen LogP contribution in [0, 0.1) is 13.8 Å². The average Bonchev–Trinajstić information content (AvgIpc) is 3.17. The number of anilines is 1. The smallest absolute Gasteiger partial charge is 0.225 e. The fourth-order valence-electron chi connectivity index (χ4n) is 2.70. The van der Waals surface area contributed by atoms with Gasteiger partial charge in [-0.25, -0.2) is 4.68 Å². The van der Waals surface area contributed by atoms with Gasteiger partial charge in [0.2, 0.25) is 5.91 Å². The fourth-order valence-corrected chi connectivity index (χ4v) is 3.08. The second kappa shape index (κ2) is 7.93. The molecule has 0 aliphatic carbocycles. The third kappa shape index (κ3) is 4.08. The van der Waals surface area contributed by atoms with Crippen molar-refractivity contribution in [3.05, 3.63) is 63.1 Å². The van der Waals surface area contributed by atoms with E-state index >= 15 is 0 Å². The second-order valence-electron chi connectivity index (χ2n) is 5.94. The molecule has 0 radical (unpaired) electrons. The molecule has 6 nitrogen and oxygen atoms in total. The van der Waals surface area contributed by atoms with E-state index < -0.39 is 0 Å². The zero-order chi connectivity index (χ0) is 18.7. The van der Waals surface area contributed by atoms with Crippen LogP contribution in [-0.4, -0.2) is 20.8 Å². The topological polar surface area (TPSA) is 73.0 Å². The van der Waals surface area contributed by atoms with Gasteiger partial charge in [-0.1, -0.05) is 40.5 Å². The molecule has 0 unspecified atom stereocenters. The number of hydrogen-bond acceptors (Lipinski definition) is 4. The molecule has 1 N–H and O–H groups in total. The first-order valence-corrected chi connectivity index (χ1v) is 8.87. The minimum atomic E-state index is -0.107.